The summed E-state index contributed by atoms with van der Waals surface area (Å²) in [5, 5.41) is 8.83. The van der Waals surface area contributed by atoms with Gasteiger partial charge in [0.25, 0.3) is 5.92 Å². The SMILES string of the molecule is CCCC1CCC(c2ccc(C(=O)O)cc2)C(F)(F)C1. The fourth-order valence-electron chi connectivity index (χ4n) is 3.17. The van der Waals surface area contributed by atoms with Crippen molar-refractivity contribution in [2.45, 2.75) is 50.9 Å². The van der Waals surface area contributed by atoms with Crippen LogP contribution in [0.1, 0.15) is 60.9 Å². The molecule has 2 rings (SSSR count). The molecule has 1 aliphatic carbocycles. The van der Waals surface area contributed by atoms with Crippen molar-refractivity contribution in [3.8, 4) is 0 Å². The molecule has 2 unspecified atom stereocenters. The van der Waals surface area contributed by atoms with E-state index in [1.54, 1.807) is 0 Å². The van der Waals surface area contributed by atoms with Crippen molar-refractivity contribution in [2.75, 3.05) is 0 Å². The molecule has 1 fully saturated rings. The Morgan fingerprint density at radius 3 is 2.45 bits per heavy atom. The van der Waals surface area contributed by atoms with Gasteiger partial charge >= 0.3 is 5.97 Å². The molecule has 0 saturated heterocycles. The van der Waals surface area contributed by atoms with Crippen LogP contribution in [0.4, 0.5) is 8.78 Å². The molecule has 0 aliphatic heterocycles. The molecule has 1 aliphatic rings. The van der Waals surface area contributed by atoms with Gasteiger partial charge in [0.05, 0.1) is 5.56 Å². The van der Waals surface area contributed by atoms with Crippen molar-refractivity contribution in [1.82, 2.24) is 0 Å². The van der Waals surface area contributed by atoms with Gasteiger partial charge in [-0.3, -0.25) is 0 Å². The minimum Gasteiger partial charge on any atom is -0.478 e. The first-order valence-electron chi connectivity index (χ1n) is 7.15. The normalized spacial score (nSPS) is 25.4. The molecule has 0 amide bonds. The maximum Gasteiger partial charge on any atom is 0.335 e. The second-order valence-electron chi connectivity index (χ2n) is 5.68. The summed E-state index contributed by atoms with van der Waals surface area (Å²) < 4.78 is 28.5. The third-order valence-electron chi connectivity index (χ3n) is 4.19. The van der Waals surface area contributed by atoms with Crippen molar-refractivity contribution in [1.29, 1.82) is 0 Å². The van der Waals surface area contributed by atoms with Crippen molar-refractivity contribution in [3.05, 3.63) is 35.4 Å². The summed E-state index contributed by atoms with van der Waals surface area (Å²) in [6.07, 6.45) is 3.06. The van der Waals surface area contributed by atoms with Gasteiger partial charge in [0.1, 0.15) is 0 Å². The van der Waals surface area contributed by atoms with Gasteiger partial charge in [-0.25, -0.2) is 13.6 Å². The van der Waals surface area contributed by atoms with Crippen LogP contribution in [0.3, 0.4) is 0 Å². The average Bonchev–Trinajstić information content (AvgIpc) is 2.38. The summed E-state index contributed by atoms with van der Waals surface area (Å²) in [5.41, 5.74) is 0.687. The largest absolute Gasteiger partial charge is 0.478 e. The second-order valence-corrected chi connectivity index (χ2v) is 5.68. The number of alkyl halides is 2. The van der Waals surface area contributed by atoms with Crippen molar-refractivity contribution < 1.29 is 18.7 Å². The van der Waals surface area contributed by atoms with Crippen LogP contribution in [-0.4, -0.2) is 17.0 Å². The number of halogens is 2. The van der Waals surface area contributed by atoms with Gasteiger partial charge in [-0.15, -0.1) is 0 Å². The Kier molecular flexibility index (Phi) is 4.41. The number of hydrogen-bond acceptors (Lipinski definition) is 1. The Labute approximate surface area is 117 Å². The van der Waals surface area contributed by atoms with E-state index in [0.29, 0.717) is 12.0 Å². The zero-order chi connectivity index (χ0) is 14.8. The average molecular weight is 282 g/mol. The smallest absolute Gasteiger partial charge is 0.335 e. The molecule has 2 atom stereocenters. The maximum atomic E-state index is 14.3. The molecule has 110 valence electrons. The molecule has 20 heavy (non-hydrogen) atoms. The molecule has 4 heteroatoms. The van der Waals surface area contributed by atoms with Crippen molar-refractivity contribution in [3.63, 3.8) is 0 Å². The summed E-state index contributed by atoms with van der Waals surface area (Å²) in [5.74, 6) is -4.39. The molecule has 2 nitrogen and oxygen atoms in total. The third-order valence-corrected chi connectivity index (χ3v) is 4.19. The topological polar surface area (TPSA) is 37.3 Å². The molecule has 1 aromatic carbocycles. The van der Waals surface area contributed by atoms with Gasteiger partial charge in [-0.2, -0.15) is 0 Å². The molecule has 1 saturated carbocycles. The van der Waals surface area contributed by atoms with Gasteiger partial charge in [-0.1, -0.05) is 31.9 Å². The van der Waals surface area contributed by atoms with Crippen molar-refractivity contribution in [2.24, 2.45) is 5.92 Å². The number of aromatic carboxylic acids is 1. The molecular formula is C16H20F2O2. The highest BCUT2D eigenvalue weighted by Gasteiger charge is 2.45. The third kappa shape index (κ3) is 3.17. The highest BCUT2D eigenvalue weighted by molar-refractivity contribution is 5.87. The van der Waals surface area contributed by atoms with E-state index >= 15 is 0 Å². The predicted molar refractivity (Wildman–Crippen MR) is 73.3 cm³/mol. The van der Waals surface area contributed by atoms with Crippen LogP contribution in [0.2, 0.25) is 0 Å². The lowest BCUT2D eigenvalue weighted by Crippen LogP contribution is -2.34. The first-order valence-corrected chi connectivity index (χ1v) is 7.15. The zero-order valence-corrected chi connectivity index (χ0v) is 11.6. The predicted octanol–water partition coefficient (Wildman–Crippen LogP) is 4.70. The highest BCUT2D eigenvalue weighted by atomic mass is 19.3. The molecule has 1 N–H and O–H groups in total. The summed E-state index contributed by atoms with van der Waals surface area (Å²) in [4.78, 5) is 10.8. The molecule has 0 radical (unpaired) electrons. The molecule has 0 heterocycles. The number of carbonyl (C=O) groups is 1. The summed E-state index contributed by atoms with van der Waals surface area (Å²) in [6, 6.07) is 5.88. The van der Waals surface area contributed by atoms with E-state index in [4.69, 9.17) is 5.11 Å². The Bertz CT molecular complexity index is 468. The minimum atomic E-state index is -2.69. The fraction of sp³-hybridized carbons (Fsp3) is 0.562. The van der Waals surface area contributed by atoms with E-state index in [9.17, 15) is 13.6 Å². The van der Waals surface area contributed by atoms with E-state index in [-0.39, 0.29) is 17.9 Å². The van der Waals surface area contributed by atoms with E-state index in [1.165, 1.54) is 24.3 Å². The first-order chi connectivity index (χ1) is 9.44. The fourth-order valence-corrected chi connectivity index (χ4v) is 3.17. The molecule has 1 aromatic rings. The number of carboxylic acid groups (broad SMARTS) is 1. The lowest BCUT2D eigenvalue weighted by atomic mass is 9.74. The highest BCUT2D eigenvalue weighted by Crippen LogP contribution is 2.47. The van der Waals surface area contributed by atoms with Crippen LogP contribution >= 0.6 is 0 Å². The van der Waals surface area contributed by atoms with Gasteiger partial charge in [0.15, 0.2) is 0 Å². The van der Waals surface area contributed by atoms with Gasteiger partial charge < -0.3 is 5.11 Å². The van der Waals surface area contributed by atoms with E-state index in [2.05, 4.69) is 0 Å². The molecular weight excluding hydrogens is 262 g/mol. The summed E-state index contributed by atoms with van der Waals surface area (Å²) in [7, 11) is 0. The van der Waals surface area contributed by atoms with Crippen LogP contribution < -0.4 is 0 Å². The standard InChI is InChI=1S/C16H20F2O2/c1-2-3-11-4-9-14(16(17,18)10-11)12-5-7-13(8-6-12)15(19)20/h5-8,11,14H,2-4,9-10H2,1H3,(H,19,20). The maximum absolute atomic E-state index is 14.3. The Hall–Kier alpha value is -1.45. The Balaban J connectivity index is 2.14. The molecule has 0 aromatic heterocycles. The number of benzene rings is 1. The summed E-state index contributed by atoms with van der Waals surface area (Å²) in [6.45, 7) is 2.02. The monoisotopic (exact) mass is 282 g/mol. The van der Waals surface area contributed by atoms with Gasteiger partial charge in [-0.05, 0) is 36.5 Å². The van der Waals surface area contributed by atoms with Crippen LogP contribution in [0.5, 0.6) is 0 Å². The van der Waals surface area contributed by atoms with Gasteiger partial charge in [0, 0.05) is 12.3 Å². The van der Waals surface area contributed by atoms with Crippen molar-refractivity contribution >= 4 is 5.97 Å². The van der Waals surface area contributed by atoms with Crippen LogP contribution in [0.15, 0.2) is 24.3 Å². The molecule has 0 bridgehead atoms. The lowest BCUT2D eigenvalue weighted by molar-refractivity contribution is -0.0735. The second kappa shape index (κ2) is 5.90. The number of rotatable bonds is 4. The Morgan fingerprint density at radius 2 is 1.95 bits per heavy atom. The van der Waals surface area contributed by atoms with Gasteiger partial charge in [0.2, 0.25) is 0 Å². The minimum absolute atomic E-state index is 0.0494. The number of carboxylic acids is 1. The van der Waals surface area contributed by atoms with Crippen LogP contribution in [0, 0.1) is 5.92 Å². The molecule has 0 spiro atoms. The van der Waals surface area contributed by atoms with Crippen LogP contribution in [0.25, 0.3) is 0 Å². The lowest BCUT2D eigenvalue weighted by Gasteiger charge is -2.36. The van der Waals surface area contributed by atoms with Crippen LogP contribution in [-0.2, 0) is 0 Å². The first kappa shape index (κ1) is 14.9. The van der Waals surface area contributed by atoms with E-state index in [1.807, 2.05) is 6.92 Å². The number of hydrogen-bond donors (Lipinski definition) is 1. The quantitative estimate of drug-likeness (QED) is 0.868. The van der Waals surface area contributed by atoms with E-state index < -0.39 is 17.8 Å². The summed E-state index contributed by atoms with van der Waals surface area (Å²) >= 11 is 0. The zero-order valence-electron chi connectivity index (χ0n) is 11.6. The Morgan fingerprint density at radius 1 is 1.30 bits per heavy atom. The van der Waals surface area contributed by atoms with E-state index in [0.717, 1.165) is 19.3 Å².